The number of thiazole rings is 1. The number of hydrogen-bond acceptors (Lipinski definition) is 8. The topological polar surface area (TPSA) is 127 Å². The van der Waals surface area contributed by atoms with E-state index in [9.17, 15) is 24.5 Å². The molecule has 0 spiro atoms. The van der Waals surface area contributed by atoms with Gasteiger partial charge in [-0.05, 0) is 24.3 Å². The van der Waals surface area contributed by atoms with Gasteiger partial charge in [0.15, 0.2) is 0 Å². The second-order valence-corrected chi connectivity index (χ2v) is 8.72. The largest absolute Gasteiger partial charge is 0.469 e. The number of nitro benzene ring substituents is 1. The van der Waals surface area contributed by atoms with Crippen LogP contribution in [0.2, 0.25) is 0 Å². The first-order valence-electron chi connectivity index (χ1n) is 8.51. The molecule has 2 aliphatic heterocycles. The summed E-state index contributed by atoms with van der Waals surface area (Å²) in [5, 5.41) is 10.7. The summed E-state index contributed by atoms with van der Waals surface area (Å²) in [7, 11) is 0. The van der Waals surface area contributed by atoms with Crippen LogP contribution in [0.5, 0.6) is 0 Å². The molecule has 3 unspecified atom stereocenters. The highest BCUT2D eigenvalue weighted by Gasteiger charge is 2.57. The van der Waals surface area contributed by atoms with Gasteiger partial charge in [0.2, 0.25) is 11.8 Å². The molecular weight excluding hydrogens is 418 g/mol. The number of imide groups is 1. The highest BCUT2D eigenvalue weighted by atomic mass is 32.2. The van der Waals surface area contributed by atoms with Crippen molar-refractivity contribution in [1.82, 2.24) is 4.98 Å². The number of anilines is 1. The number of fused-ring (bicyclic) bond motifs is 2. The van der Waals surface area contributed by atoms with Crippen molar-refractivity contribution in [2.75, 3.05) is 4.90 Å². The van der Waals surface area contributed by atoms with Gasteiger partial charge in [-0.25, -0.2) is 4.90 Å². The van der Waals surface area contributed by atoms with E-state index in [-0.39, 0.29) is 16.2 Å². The number of aromatic nitrogens is 1. The summed E-state index contributed by atoms with van der Waals surface area (Å²) in [6.45, 7) is 0. The molecule has 4 heterocycles. The van der Waals surface area contributed by atoms with E-state index in [1.165, 1.54) is 30.5 Å². The lowest BCUT2D eigenvalue weighted by Gasteiger charge is -2.27. The Labute approximate surface area is 170 Å². The number of thioether (sulfide) groups is 1. The van der Waals surface area contributed by atoms with Gasteiger partial charge in [-0.15, -0.1) is 0 Å². The third-order valence-electron chi connectivity index (χ3n) is 4.99. The van der Waals surface area contributed by atoms with Crippen LogP contribution in [0, 0.1) is 16.0 Å². The number of furan rings is 1. The van der Waals surface area contributed by atoms with Crippen LogP contribution in [-0.2, 0) is 9.59 Å². The SMILES string of the molecule is O=C1C2Sc3[nH]c(=O)sc3C(c3ccco3)C2C(=O)N1c1ccc([N+](=O)[O-])cc1. The van der Waals surface area contributed by atoms with Crippen LogP contribution in [0.15, 0.2) is 56.9 Å². The number of aromatic amines is 1. The molecule has 5 rings (SSSR count). The van der Waals surface area contributed by atoms with Gasteiger partial charge in [0, 0.05) is 12.1 Å². The fourth-order valence-electron chi connectivity index (χ4n) is 3.77. The molecule has 29 heavy (non-hydrogen) atoms. The standard InChI is InChI=1S/C18H11N3O6S2/c22-16-12-11(10-2-1-7-27-10)13-15(19-18(24)29-13)28-14(12)17(23)20(16)8-3-5-9(6-4-8)21(25)26/h1-7,11-12,14H,(H,19,24). The number of nitro groups is 1. The number of hydrogen-bond donors (Lipinski definition) is 1. The van der Waals surface area contributed by atoms with Crippen LogP contribution in [0.4, 0.5) is 11.4 Å². The maximum absolute atomic E-state index is 13.3. The van der Waals surface area contributed by atoms with Crippen LogP contribution in [0.1, 0.15) is 16.6 Å². The molecule has 1 saturated heterocycles. The van der Waals surface area contributed by atoms with Crippen molar-refractivity contribution in [1.29, 1.82) is 0 Å². The van der Waals surface area contributed by atoms with Crippen LogP contribution < -0.4 is 9.77 Å². The van der Waals surface area contributed by atoms with Crippen molar-refractivity contribution in [3.8, 4) is 0 Å². The molecule has 2 aromatic heterocycles. The zero-order valence-corrected chi connectivity index (χ0v) is 16.1. The van der Waals surface area contributed by atoms with Crippen molar-refractivity contribution >= 4 is 46.3 Å². The molecule has 1 fully saturated rings. The minimum atomic E-state index is -0.743. The summed E-state index contributed by atoms with van der Waals surface area (Å²) in [6.07, 6.45) is 1.48. The summed E-state index contributed by atoms with van der Waals surface area (Å²) in [5.41, 5.74) is 0.142. The maximum atomic E-state index is 13.3. The third-order valence-corrected chi connectivity index (χ3v) is 7.39. The Morgan fingerprint density at radius 2 is 1.86 bits per heavy atom. The van der Waals surface area contributed by atoms with Crippen molar-refractivity contribution in [2.45, 2.75) is 16.2 Å². The molecule has 1 N–H and O–H groups in total. The van der Waals surface area contributed by atoms with Crippen LogP contribution in [-0.4, -0.2) is 27.0 Å². The van der Waals surface area contributed by atoms with Gasteiger partial charge >= 0.3 is 4.87 Å². The van der Waals surface area contributed by atoms with E-state index < -0.39 is 33.8 Å². The number of non-ortho nitro benzene ring substituents is 1. The number of rotatable bonds is 3. The number of benzene rings is 1. The molecule has 0 saturated carbocycles. The maximum Gasteiger partial charge on any atom is 0.305 e. The molecule has 146 valence electrons. The van der Waals surface area contributed by atoms with Crippen molar-refractivity contribution in [3.63, 3.8) is 0 Å². The Kier molecular flexibility index (Phi) is 3.96. The highest BCUT2D eigenvalue weighted by molar-refractivity contribution is 8.00. The molecule has 0 aliphatic carbocycles. The lowest BCUT2D eigenvalue weighted by molar-refractivity contribution is -0.384. The van der Waals surface area contributed by atoms with E-state index in [1.54, 1.807) is 12.1 Å². The molecule has 11 heteroatoms. The van der Waals surface area contributed by atoms with Crippen molar-refractivity contribution in [2.24, 2.45) is 5.92 Å². The number of nitrogens with one attached hydrogen (secondary N) is 1. The van der Waals surface area contributed by atoms with Crippen molar-refractivity contribution < 1.29 is 18.9 Å². The fourth-order valence-corrected chi connectivity index (χ4v) is 6.27. The third kappa shape index (κ3) is 2.65. The van der Waals surface area contributed by atoms with Crippen molar-refractivity contribution in [3.05, 3.63) is 73.1 Å². The lowest BCUT2D eigenvalue weighted by Crippen LogP contribution is -2.32. The number of nitrogens with zero attached hydrogens (tertiary/aromatic N) is 2. The Balaban J connectivity index is 1.60. The van der Waals surface area contributed by atoms with Gasteiger partial charge in [-0.1, -0.05) is 23.1 Å². The van der Waals surface area contributed by atoms with E-state index >= 15 is 0 Å². The zero-order chi connectivity index (χ0) is 20.3. The minimum absolute atomic E-state index is 0.132. The normalized spacial score (nSPS) is 23.2. The number of carbonyl (C=O) groups excluding carboxylic acids is 2. The summed E-state index contributed by atoms with van der Waals surface area (Å²) >= 11 is 2.16. The van der Waals surface area contributed by atoms with Gasteiger partial charge in [0.25, 0.3) is 5.69 Å². The smallest absolute Gasteiger partial charge is 0.305 e. The Morgan fingerprint density at radius 1 is 1.10 bits per heavy atom. The van der Waals surface area contributed by atoms with E-state index in [0.29, 0.717) is 15.7 Å². The van der Waals surface area contributed by atoms with Gasteiger partial charge in [-0.2, -0.15) is 0 Å². The fraction of sp³-hybridized carbons (Fsp3) is 0.167. The molecule has 0 bridgehead atoms. The monoisotopic (exact) mass is 429 g/mol. The first-order chi connectivity index (χ1) is 14.0. The molecule has 1 aromatic carbocycles. The van der Waals surface area contributed by atoms with Gasteiger partial charge in [0.1, 0.15) is 11.0 Å². The van der Waals surface area contributed by atoms with E-state index in [0.717, 1.165) is 28.0 Å². The summed E-state index contributed by atoms with van der Waals surface area (Å²) in [4.78, 5) is 52.9. The molecule has 9 nitrogen and oxygen atoms in total. The van der Waals surface area contributed by atoms with Crippen LogP contribution >= 0.6 is 23.1 Å². The highest BCUT2D eigenvalue weighted by Crippen LogP contribution is 2.53. The quantitative estimate of drug-likeness (QED) is 0.385. The van der Waals surface area contributed by atoms with E-state index in [2.05, 4.69) is 4.98 Å². The average Bonchev–Trinajstić information content (AvgIpc) is 3.40. The van der Waals surface area contributed by atoms with E-state index in [4.69, 9.17) is 4.42 Å². The number of amides is 2. The van der Waals surface area contributed by atoms with Gasteiger partial charge < -0.3 is 9.40 Å². The minimum Gasteiger partial charge on any atom is -0.469 e. The average molecular weight is 429 g/mol. The number of carbonyl (C=O) groups is 2. The molecule has 2 amide bonds. The second-order valence-electron chi connectivity index (χ2n) is 6.55. The van der Waals surface area contributed by atoms with Crippen LogP contribution in [0.3, 0.4) is 0 Å². The summed E-state index contributed by atoms with van der Waals surface area (Å²) < 4.78 is 5.54. The molecule has 3 atom stereocenters. The first kappa shape index (κ1) is 17.9. The van der Waals surface area contributed by atoms with Gasteiger partial charge in [-0.3, -0.25) is 24.5 Å². The number of H-pyrrole nitrogens is 1. The Morgan fingerprint density at radius 3 is 2.52 bits per heavy atom. The predicted octanol–water partition coefficient (Wildman–Crippen LogP) is 2.73. The first-order valence-corrected chi connectivity index (χ1v) is 10.2. The molecule has 3 aromatic rings. The molecular formula is C18H11N3O6S2. The van der Waals surface area contributed by atoms with Gasteiger partial charge in [0.05, 0.1) is 38.6 Å². The zero-order valence-electron chi connectivity index (χ0n) is 14.4. The summed E-state index contributed by atoms with van der Waals surface area (Å²) in [5.74, 6) is -1.65. The lowest BCUT2D eigenvalue weighted by atomic mass is 9.87. The molecule has 2 aliphatic rings. The second kappa shape index (κ2) is 6.42. The molecule has 0 radical (unpaired) electrons. The van der Waals surface area contributed by atoms with E-state index in [1.807, 2.05) is 0 Å². The van der Waals surface area contributed by atoms with Crippen LogP contribution in [0.25, 0.3) is 0 Å². The Hall–Kier alpha value is -3.18. The predicted molar refractivity (Wildman–Crippen MR) is 104 cm³/mol. The summed E-state index contributed by atoms with van der Waals surface area (Å²) in [6, 6.07) is 8.69. The Bertz CT molecular complexity index is 1200.